The average Bonchev–Trinajstić information content (AvgIpc) is 2.07. The minimum absolute atomic E-state index is 0.705. The molecule has 0 aromatic heterocycles. The number of hydrogen-bond acceptors (Lipinski definition) is 1. The van der Waals surface area contributed by atoms with Crippen LogP contribution in [0.1, 0.15) is 25.7 Å². The van der Waals surface area contributed by atoms with E-state index in [0.717, 1.165) is 19.4 Å². The monoisotopic (exact) mass is 153 g/mol. The van der Waals surface area contributed by atoms with Gasteiger partial charge in [-0.05, 0) is 31.6 Å². The van der Waals surface area contributed by atoms with Gasteiger partial charge in [-0.15, -0.1) is 0 Å². The Morgan fingerprint density at radius 2 is 2.55 bits per heavy atom. The fraction of sp³-hybridized carbons (Fsp3) is 0.667. The maximum Gasteiger partial charge on any atom is 0.207 e. The number of amides is 1. The van der Waals surface area contributed by atoms with Gasteiger partial charge in [-0.3, -0.25) is 4.79 Å². The summed E-state index contributed by atoms with van der Waals surface area (Å²) in [5, 5.41) is 2.68. The maximum absolute atomic E-state index is 9.92. The lowest BCUT2D eigenvalue weighted by Crippen LogP contribution is -2.16. The highest BCUT2D eigenvalue weighted by atomic mass is 16.1. The molecule has 1 rings (SSSR count). The van der Waals surface area contributed by atoms with Crippen LogP contribution in [-0.4, -0.2) is 13.0 Å². The SMILES string of the molecule is O=CNCCC1C=CCCC1. The third kappa shape index (κ3) is 3.21. The number of carbonyl (C=O) groups is 1. The van der Waals surface area contributed by atoms with Crippen molar-refractivity contribution >= 4 is 6.41 Å². The summed E-state index contributed by atoms with van der Waals surface area (Å²) in [6, 6.07) is 0. The fourth-order valence-electron chi connectivity index (χ4n) is 1.45. The Labute approximate surface area is 67.7 Å². The van der Waals surface area contributed by atoms with Gasteiger partial charge in [0.25, 0.3) is 0 Å². The van der Waals surface area contributed by atoms with Gasteiger partial charge in [0.05, 0.1) is 0 Å². The zero-order chi connectivity index (χ0) is 7.94. The molecule has 2 nitrogen and oxygen atoms in total. The average molecular weight is 153 g/mol. The fourth-order valence-corrected chi connectivity index (χ4v) is 1.45. The molecule has 1 unspecified atom stereocenters. The number of nitrogens with one attached hydrogen (secondary N) is 1. The van der Waals surface area contributed by atoms with E-state index >= 15 is 0 Å². The highest BCUT2D eigenvalue weighted by Gasteiger charge is 2.06. The zero-order valence-electron chi connectivity index (χ0n) is 6.75. The molecule has 0 bridgehead atoms. The molecule has 0 aromatic rings. The molecule has 1 amide bonds. The first-order chi connectivity index (χ1) is 5.43. The zero-order valence-corrected chi connectivity index (χ0v) is 6.75. The summed E-state index contributed by atoms with van der Waals surface area (Å²) < 4.78 is 0. The normalized spacial score (nSPS) is 23.1. The summed E-state index contributed by atoms with van der Waals surface area (Å²) in [7, 11) is 0. The molecular formula is C9H15NO. The Bertz CT molecular complexity index is 142. The molecule has 1 aliphatic carbocycles. The maximum atomic E-state index is 9.92. The van der Waals surface area contributed by atoms with E-state index in [1.807, 2.05) is 0 Å². The van der Waals surface area contributed by atoms with Crippen LogP contribution in [-0.2, 0) is 4.79 Å². The molecule has 2 heteroatoms. The molecule has 0 radical (unpaired) electrons. The van der Waals surface area contributed by atoms with E-state index < -0.39 is 0 Å². The Morgan fingerprint density at radius 3 is 3.18 bits per heavy atom. The summed E-state index contributed by atoms with van der Waals surface area (Å²) in [5.74, 6) is 0.705. The van der Waals surface area contributed by atoms with E-state index in [-0.39, 0.29) is 0 Å². The summed E-state index contributed by atoms with van der Waals surface area (Å²) >= 11 is 0. The van der Waals surface area contributed by atoms with Crippen molar-refractivity contribution in [3.63, 3.8) is 0 Å². The van der Waals surface area contributed by atoms with Crippen LogP contribution in [0.5, 0.6) is 0 Å². The third-order valence-corrected chi connectivity index (χ3v) is 2.10. The van der Waals surface area contributed by atoms with Gasteiger partial charge in [0.1, 0.15) is 0 Å². The molecule has 11 heavy (non-hydrogen) atoms. The Morgan fingerprint density at radius 1 is 1.64 bits per heavy atom. The van der Waals surface area contributed by atoms with E-state index in [4.69, 9.17) is 0 Å². The van der Waals surface area contributed by atoms with Crippen molar-refractivity contribution in [2.45, 2.75) is 25.7 Å². The van der Waals surface area contributed by atoms with Crippen molar-refractivity contribution in [1.82, 2.24) is 5.32 Å². The molecule has 0 aliphatic heterocycles. The van der Waals surface area contributed by atoms with Crippen molar-refractivity contribution in [3.8, 4) is 0 Å². The van der Waals surface area contributed by atoms with Gasteiger partial charge in [-0.2, -0.15) is 0 Å². The first kappa shape index (κ1) is 8.31. The molecular weight excluding hydrogens is 138 g/mol. The molecule has 1 N–H and O–H groups in total. The molecule has 62 valence electrons. The van der Waals surface area contributed by atoms with Crippen molar-refractivity contribution in [2.24, 2.45) is 5.92 Å². The molecule has 0 fully saturated rings. The van der Waals surface area contributed by atoms with Crippen LogP contribution in [0.4, 0.5) is 0 Å². The second-order valence-electron chi connectivity index (χ2n) is 2.98. The molecule has 1 aliphatic rings. The van der Waals surface area contributed by atoms with Gasteiger partial charge in [-0.1, -0.05) is 12.2 Å². The topological polar surface area (TPSA) is 29.1 Å². The standard InChI is InChI=1S/C9H15NO/c11-8-10-7-6-9-4-2-1-3-5-9/h2,4,8-9H,1,3,5-7H2,(H,10,11). The second kappa shape index (κ2) is 4.94. The highest BCUT2D eigenvalue weighted by molar-refractivity contribution is 5.45. The minimum Gasteiger partial charge on any atom is -0.359 e. The van der Waals surface area contributed by atoms with Crippen molar-refractivity contribution < 1.29 is 4.79 Å². The predicted molar refractivity (Wildman–Crippen MR) is 45.2 cm³/mol. The van der Waals surface area contributed by atoms with Crippen LogP contribution >= 0.6 is 0 Å². The lowest BCUT2D eigenvalue weighted by molar-refractivity contribution is -0.109. The van der Waals surface area contributed by atoms with Crippen LogP contribution in [0, 0.1) is 5.92 Å². The quantitative estimate of drug-likeness (QED) is 0.370. The lowest BCUT2D eigenvalue weighted by Gasteiger charge is -2.15. The van der Waals surface area contributed by atoms with E-state index in [1.165, 1.54) is 19.3 Å². The molecule has 1 atom stereocenters. The summed E-state index contributed by atoms with van der Waals surface area (Å²) in [5.41, 5.74) is 0. The molecule has 0 heterocycles. The van der Waals surface area contributed by atoms with Crippen molar-refractivity contribution in [2.75, 3.05) is 6.54 Å². The van der Waals surface area contributed by atoms with Gasteiger partial charge in [0.15, 0.2) is 0 Å². The van der Waals surface area contributed by atoms with Gasteiger partial charge in [-0.25, -0.2) is 0 Å². The Kier molecular flexibility index (Phi) is 3.73. The van der Waals surface area contributed by atoms with E-state index in [9.17, 15) is 4.79 Å². The smallest absolute Gasteiger partial charge is 0.207 e. The first-order valence-corrected chi connectivity index (χ1v) is 4.27. The number of carbonyl (C=O) groups excluding carboxylic acids is 1. The number of rotatable bonds is 4. The molecule has 0 aromatic carbocycles. The Balaban J connectivity index is 2.09. The van der Waals surface area contributed by atoms with Crippen molar-refractivity contribution in [1.29, 1.82) is 0 Å². The molecule has 0 spiro atoms. The van der Waals surface area contributed by atoms with Crippen LogP contribution in [0.3, 0.4) is 0 Å². The van der Waals surface area contributed by atoms with E-state index in [1.54, 1.807) is 0 Å². The third-order valence-electron chi connectivity index (χ3n) is 2.10. The van der Waals surface area contributed by atoms with Crippen LogP contribution < -0.4 is 5.32 Å². The molecule has 0 saturated carbocycles. The summed E-state index contributed by atoms with van der Waals surface area (Å²) in [4.78, 5) is 9.92. The largest absolute Gasteiger partial charge is 0.359 e. The minimum atomic E-state index is 0.705. The first-order valence-electron chi connectivity index (χ1n) is 4.27. The lowest BCUT2D eigenvalue weighted by atomic mass is 9.93. The van der Waals surface area contributed by atoms with Gasteiger partial charge in [0.2, 0.25) is 6.41 Å². The number of hydrogen-bond donors (Lipinski definition) is 1. The van der Waals surface area contributed by atoms with E-state index in [0.29, 0.717) is 5.92 Å². The van der Waals surface area contributed by atoms with E-state index in [2.05, 4.69) is 17.5 Å². The molecule has 0 saturated heterocycles. The van der Waals surface area contributed by atoms with Crippen molar-refractivity contribution in [3.05, 3.63) is 12.2 Å². The van der Waals surface area contributed by atoms with Crippen LogP contribution in [0.2, 0.25) is 0 Å². The van der Waals surface area contributed by atoms with Gasteiger partial charge < -0.3 is 5.32 Å². The summed E-state index contributed by atoms with van der Waals surface area (Å²) in [6.45, 7) is 0.818. The van der Waals surface area contributed by atoms with Crippen LogP contribution in [0.15, 0.2) is 12.2 Å². The van der Waals surface area contributed by atoms with Crippen LogP contribution in [0.25, 0.3) is 0 Å². The van der Waals surface area contributed by atoms with Gasteiger partial charge in [0, 0.05) is 6.54 Å². The van der Waals surface area contributed by atoms with Gasteiger partial charge >= 0.3 is 0 Å². The second-order valence-corrected chi connectivity index (χ2v) is 2.98. The number of allylic oxidation sites excluding steroid dienone is 2. The Hall–Kier alpha value is -0.790. The predicted octanol–water partition coefficient (Wildman–Crippen LogP) is 1.48. The highest BCUT2D eigenvalue weighted by Crippen LogP contribution is 2.19. The summed E-state index contributed by atoms with van der Waals surface area (Å²) in [6.07, 6.45) is 10.2.